The molecule has 0 aromatic heterocycles. The molecule has 3 aromatic carbocycles. The van der Waals surface area contributed by atoms with Gasteiger partial charge in [-0.1, -0.05) is 6.07 Å². The van der Waals surface area contributed by atoms with E-state index in [9.17, 15) is 40.0 Å². The Bertz CT molecular complexity index is 1740. The van der Waals surface area contributed by atoms with E-state index in [1.165, 1.54) is 24.3 Å². The van der Waals surface area contributed by atoms with Gasteiger partial charge in [-0.15, -0.1) is 4.83 Å². The molecule has 0 spiro atoms. The van der Waals surface area contributed by atoms with Gasteiger partial charge in [-0.2, -0.15) is 13.2 Å². The highest BCUT2D eigenvalue weighted by atomic mass is 32.2. The number of nitrogen functional groups attached to an aromatic ring is 1. The number of amides is 1. The molecule has 0 heterocycles. The fourth-order valence-corrected chi connectivity index (χ4v) is 4.71. The standard InChI is InChI=1S/C28H28F5N5O7S/c1-4-43-22-11-15(5-9-20(22)44-14(2)3)24(26(39)37-38-46(41,42)23-10-6-16(29)12-19(23)30)36-17-7-8-18(25(34)35)21(13-17)45-27(40)28(31,32)33/h5-14,24,36,38H,4H2,1-3H3,(H3,34,35)(H,37,39). The van der Waals surface area contributed by atoms with E-state index in [-0.39, 0.29) is 35.3 Å². The number of rotatable bonds is 13. The molecular formula is C28H28F5N5O7S. The Balaban J connectivity index is 2.05. The SMILES string of the molecule is CCOc1cc(C(Nc2ccc(C(=N)N)c(OC(=O)C(F)(F)F)c2)C(=O)NNS(=O)(=O)c2ccc(F)cc2F)ccc1OC(C)C. The van der Waals surface area contributed by atoms with E-state index in [4.69, 9.17) is 20.6 Å². The highest BCUT2D eigenvalue weighted by Gasteiger charge is 2.42. The second kappa shape index (κ2) is 14.4. The molecule has 0 aliphatic heterocycles. The van der Waals surface area contributed by atoms with Crippen LogP contribution < -0.4 is 35.5 Å². The van der Waals surface area contributed by atoms with Crippen LogP contribution in [0.2, 0.25) is 0 Å². The first-order valence-corrected chi connectivity index (χ1v) is 14.6. The molecule has 0 radical (unpaired) electrons. The van der Waals surface area contributed by atoms with Crippen molar-refractivity contribution in [3.8, 4) is 17.2 Å². The minimum atomic E-state index is -5.39. The Morgan fingerprint density at radius 1 is 0.978 bits per heavy atom. The summed E-state index contributed by atoms with van der Waals surface area (Å²) in [5.41, 5.74) is 6.91. The van der Waals surface area contributed by atoms with E-state index in [1.54, 1.807) is 25.6 Å². The molecule has 1 atom stereocenters. The van der Waals surface area contributed by atoms with Gasteiger partial charge in [0.2, 0.25) is 0 Å². The first-order valence-electron chi connectivity index (χ1n) is 13.2. The van der Waals surface area contributed by atoms with Crippen LogP contribution in [-0.2, 0) is 19.6 Å². The number of ether oxygens (including phenoxy) is 3. The first-order chi connectivity index (χ1) is 21.4. The van der Waals surface area contributed by atoms with E-state index >= 15 is 0 Å². The van der Waals surface area contributed by atoms with Crippen LogP contribution in [0.25, 0.3) is 0 Å². The number of anilines is 1. The molecule has 1 unspecified atom stereocenters. The van der Waals surface area contributed by atoms with Gasteiger partial charge in [0, 0.05) is 17.8 Å². The summed E-state index contributed by atoms with van der Waals surface area (Å²) >= 11 is 0. The fraction of sp³-hybridized carbons (Fsp3) is 0.250. The van der Waals surface area contributed by atoms with Crippen LogP contribution in [0.3, 0.4) is 0 Å². The number of amidine groups is 1. The summed E-state index contributed by atoms with van der Waals surface area (Å²) in [4.78, 5) is 25.7. The molecule has 0 aliphatic carbocycles. The van der Waals surface area contributed by atoms with Crippen molar-refractivity contribution in [3.63, 3.8) is 0 Å². The molecule has 3 rings (SSSR count). The lowest BCUT2D eigenvalue weighted by atomic mass is 10.0. The monoisotopic (exact) mass is 673 g/mol. The van der Waals surface area contributed by atoms with Crippen molar-refractivity contribution in [1.82, 2.24) is 10.3 Å². The third-order valence-electron chi connectivity index (χ3n) is 5.73. The summed E-state index contributed by atoms with van der Waals surface area (Å²) < 4.78 is 107. The summed E-state index contributed by atoms with van der Waals surface area (Å²) in [6.07, 6.45) is -5.67. The quantitative estimate of drug-likeness (QED) is 0.0446. The number of carbonyl (C=O) groups excluding carboxylic acids is 2. The Hall–Kier alpha value is -4.97. The summed E-state index contributed by atoms with van der Waals surface area (Å²) in [5, 5.41) is 10.3. The van der Waals surface area contributed by atoms with Gasteiger partial charge >= 0.3 is 12.1 Å². The molecular weight excluding hydrogens is 645 g/mol. The minimum absolute atomic E-state index is 0.105. The molecule has 6 N–H and O–H groups in total. The van der Waals surface area contributed by atoms with Crippen LogP contribution in [0.15, 0.2) is 59.5 Å². The van der Waals surface area contributed by atoms with Gasteiger partial charge in [0.1, 0.15) is 34.2 Å². The molecule has 18 heteroatoms. The average molecular weight is 674 g/mol. The van der Waals surface area contributed by atoms with Crippen molar-refractivity contribution in [2.45, 2.75) is 44.0 Å². The van der Waals surface area contributed by atoms with Gasteiger partial charge in [-0.25, -0.2) is 22.0 Å². The maximum absolute atomic E-state index is 14.2. The third-order valence-corrected chi connectivity index (χ3v) is 7.02. The predicted octanol–water partition coefficient (Wildman–Crippen LogP) is 4.07. The Morgan fingerprint density at radius 2 is 1.67 bits per heavy atom. The lowest BCUT2D eigenvalue weighted by Gasteiger charge is -2.23. The molecule has 0 saturated carbocycles. The highest BCUT2D eigenvalue weighted by Crippen LogP contribution is 2.34. The summed E-state index contributed by atoms with van der Waals surface area (Å²) in [5.74, 6) is -7.27. The van der Waals surface area contributed by atoms with Crippen LogP contribution in [0.4, 0.5) is 27.6 Å². The zero-order valence-corrected chi connectivity index (χ0v) is 25.1. The molecule has 0 saturated heterocycles. The molecule has 0 fully saturated rings. The number of sulfonamides is 1. The van der Waals surface area contributed by atoms with Gasteiger partial charge in [-0.05, 0) is 62.7 Å². The third kappa shape index (κ3) is 9.04. The van der Waals surface area contributed by atoms with E-state index in [2.05, 4.69) is 10.1 Å². The number of alkyl halides is 3. The number of hydrogen-bond acceptors (Lipinski definition) is 9. The average Bonchev–Trinajstić information content (AvgIpc) is 2.95. The number of hydrogen-bond donors (Lipinski definition) is 5. The Morgan fingerprint density at radius 3 is 2.26 bits per heavy atom. The number of carbonyl (C=O) groups is 2. The van der Waals surface area contributed by atoms with Gasteiger partial charge in [0.15, 0.2) is 11.5 Å². The summed E-state index contributed by atoms with van der Waals surface area (Å²) in [6.45, 7) is 5.36. The summed E-state index contributed by atoms with van der Waals surface area (Å²) in [6, 6.07) is 7.41. The zero-order valence-electron chi connectivity index (χ0n) is 24.3. The Kier molecular flexibility index (Phi) is 11.1. The van der Waals surface area contributed by atoms with E-state index < -0.39 is 62.2 Å². The second-order valence-electron chi connectivity index (χ2n) is 9.56. The fourth-order valence-electron chi connectivity index (χ4n) is 3.81. The molecule has 3 aromatic rings. The molecule has 248 valence electrons. The largest absolute Gasteiger partial charge is 0.491 e. The molecule has 0 aliphatic rings. The van der Waals surface area contributed by atoms with Crippen LogP contribution in [0, 0.1) is 17.0 Å². The van der Waals surface area contributed by atoms with Crippen LogP contribution in [-0.4, -0.2) is 45.0 Å². The van der Waals surface area contributed by atoms with E-state index in [1.807, 2.05) is 5.43 Å². The van der Waals surface area contributed by atoms with Gasteiger partial charge < -0.3 is 25.3 Å². The molecule has 12 nitrogen and oxygen atoms in total. The second-order valence-corrected chi connectivity index (χ2v) is 11.2. The number of nitrogens with one attached hydrogen (secondary N) is 4. The van der Waals surface area contributed by atoms with Crippen LogP contribution in [0.1, 0.15) is 37.9 Å². The lowest BCUT2D eigenvalue weighted by Crippen LogP contribution is -2.45. The van der Waals surface area contributed by atoms with Crippen molar-refractivity contribution < 1.29 is 54.2 Å². The number of esters is 1. The topological polar surface area (TPSA) is 182 Å². The maximum atomic E-state index is 14.2. The zero-order chi connectivity index (χ0) is 34.4. The van der Waals surface area contributed by atoms with Gasteiger partial charge in [0.25, 0.3) is 15.9 Å². The van der Waals surface area contributed by atoms with Crippen LogP contribution in [0.5, 0.6) is 17.2 Å². The van der Waals surface area contributed by atoms with Gasteiger partial charge in [-0.3, -0.25) is 15.6 Å². The van der Waals surface area contributed by atoms with E-state index in [0.29, 0.717) is 23.9 Å². The normalized spacial score (nSPS) is 12.3. The maximum Gasteiger partial charge on any atom is 0.491 e. The number of halogens is 5. The number of benzene rings is 3. The van der Waals surface area contributed by atoms with Gasteiger partial charge in [0.05, 0.1) is 18.3 Å². The van der Waals surface area contributed by atoms with Crippen LogP contribution >= 0.6 is 0 Å². The first kappa shape index (κ1) is 35.5. The molecule has 0 bridgehead atoms. The molecule has 46 heavy (non-hydrogen) atoms. The highest BCUT2D eigenvalue weighted by molar-refractivity contribution is 7.89. The lowest BCUT2D eigenvalue weighted by molar-refractivity contribution is -0.189. The summed E-state index contributed by atoms with van der Waals surface area (Å²) in [7, 11) is -4.78. The van der Waals surface area contributed by atoms with Crippen molar-refractivity contribution in [2.75, 3.05) is 11.9 Å². The number of nitrogens with two attached hydrogens (primary N) is 1. The smallest absolute Gasteiger partial charge is 0.490 e. The van der Waals surface area contributed by atoms with Crippen molar-refractivity contribution in [3.05, 3.63) is 77.4 Å². The van der Waals surface area contributed by atoms with Crippen molar-refractivity contribution in [1.29, 1.82) is 5.41 Å². The van der Waals surface area contributed by atoms with E-state index in [0.717, 1.165) is 12.1 Å². The Labute approximate surface area is 259 Å². The predicted molar refractivity (Wildman–Crippen MR) is 154 cm³/mol. The van der Waals surface area contributed by atoms with Crippen molar-refractivity contribution in [2.24, 2.45) is 5.73 Å². The minimum Gasteiger partial charge on any atom is -0.490 e. The van der Waals surface area contributed by atoms with Crippen molar-refractivity contribution >= 4 is 33.4 Å². The molecule has 1 amide bonds. The number of hydrazine groups is 1.